The van der Waals surface area contributed by atoms with Gasteiger partial charge in [0.05, 0.1) is 0 Å². The second-order valence-electron chi connectivity index (χ2n) is 3.99. The lowest BCUT2D eigenvalue weighted by Crippen LogP contribution is -2.28. The lowest BCUT2D eigenvalue weighted by atomic mass is 9.93. The minimum absolute atomic E-state index is 0.172. The van der Waals surface area contributed by atoms with Gasteiger partial charge in [0.25, 0.3) is 0 Å². The molecule has 1 aromatic rings. The molecular weight excluding hydrogens is 213 g/mol. The molecule has 3 heteroatoms. The Kier molecular flexibility index (Phi) is 4.55. The molecule has 1 aromatic carbocycles. The highest BCUT2D eigenvalue weighted by Crippen LogP contribution is 2.21. The molecule has 1 rings (SSSR count). The summed E-state index contributed by atoms with van der Waals surface area (Å²) < 4.78 is 12.8. The Morgan fingerprint density at radius 1 is 1.47 bits per heavy atom. The molecule has 2 atom stereocenters. The molecule has 0 radical (unpaired) electrons. The molecule has 0 heterocycles. The van der Waals surface area contributed by atoms with Crippen LogP contribution in [0.25, 0.3) is 0 Å². The zero-order valence-corrected chi connectivity index (χ0v) is 9.89. The van der Waals surface area contributed by atoms with Crippen LogP contribution in [0.1, 0.15) is 25.8 Å². The molecule has 2 N–H and O–H groups in total. The van der Waals surface area contributed by atoms with E-state index < -0.39 is 0 Å². The molecule has 0 spiro atoms. The monoisotopic (exact) mass is 229 g/mol. The molecule has 2 unspecified atom stereocenters. The number of hydrogen-bond donors (Lipinski definition) is 1. The van der Waals surface area contributed by atoms with Crippen molar-refractivity contribution >= 4 is 11.6 Å². The van der Waals surface area contributed by atoms with E-state index in [1.807, 2.05) is 0 Å². The number of rotatable bonds is 4. The Balaban J connectivity index is 2.72. The summed E-state index contributed by atoms with van der Waals surface area (Å²) in [5.41, 5.74) is 6.89. The Bertz CT molecular complexity index is 327. The van der Waals surface area contributed by atoms with E-state index in [9.17, 15) is 4.39 Å². The fourth-order valence-corrected chi connectivity index (χ4v) is 1.83. The van der Waals surface area contributed by atoms with Crippen molar-refractivity contribution in [1.82, 2.24) is 0 Å². The smallest absolute Gasteiger partial charge is 0.124 e. The lowest BCUT2D eigenvalue weighted by molar-refractivity contribution is 0.442. The maximum absolute atomic E-state index is 12.8. The third kappa shape index (κ3) is 3.47. The van der Waals surface area contributed by atoms with E-state index in [2.05, 4.69) is 13.8 Å². The summed E-state index contributed by atoms with van der Waals surface area (Å²) in [6, 6.07) is 4.69. The van der Waals surface area contributed by atoms with Gasteiger partial charge in [-0.15, -0.1) is 0 Å². The normalized spacial score (nSPS) is 15.0. The molecule has 0 saturated heterocycles. The van der Waals surface area contributed by atoms with Crippen molar-refractivity contribution in [2.75, 3.05) is 0 Å². The van der Waals surface area contributed by atoms with Gasteiger partial charge in [-0.2, -0.15) is 0 Å². The molecule has 0 aromatic heterocycles. The first-order chi connectivity index (χ1) is 7.04. The zero-order valence-electron chi connectivity index (χ0n) is 9.13. The average molecular weight is 230 g/mol. The Morgan fingerprint density at radius 3 is 2.67 bits per heavy atom. The molecule has 0 amide bonds. The maximum Gasteiger partial charge on any atom is 0.124 e. The van der Waals surface area contributed by atoms with E-state index >= 15 is 0 Å². The fraction of sp³-hybridized carbons (Fsp3) is 0.500. The molecule has 1 nitrogen and oxygen atoms in total. The van der Waals surface area contributed by atoms with E-state index in [0.717, 1.165) is 18.4 Å². The van der Waals surface area contributed by atoms with Gasteiger partial charge in [-0.1, -0.05) is 31.5 Å². The van der Waals surface area contributed by atoms with Crippen LogP contribution in [0.5, 0.6) is 0 Å². The van der Waals surface area contributed by atoms with Crippen molar-refractivity contribution in [3.8, 4) is 0 Å². The third-order valence-electron chi connectivity index (χ3n) is 2.76. The van der Waals surface area contributed by atoms with Crippen LogP contribution in [0, 0.1) is 11.7 Å². The van der Waals surface area contributed by atoms with Crippen LogP contribution in [0.2, 0.25) is 5.02 Å². The number of benzene rings is 1. The third-order valence-corrected chi connectivity index (χ3v) is 3.11. The first kappa shape index (κ1) is 12.5. The Morgan fingerprint density at radius 2 is 2.13 bits per heavy atom. The van der Waals surface area contributed by atoms with Crippen LogP contribution in [0.4, 0.5) is 4.39 Å². The minimum atomic E-state index is -0.295. The second-order valence-corrected chi connectivity index (χ2v) is 4.40. The second kappa shape index (κ2) is 5.47. The quantitative estimate of drug-likeness (QED) is 0.842. The van der Waals surface area contributed by atoms with Gasteiger partial charge in [0, 0.05) is 11.1 Å². The van der Waals surface area contributed by atoms with Gasteiger partial charge < -0.3 is 5.73 Å². The Labute approximate surface area is 95.4 Å². The minimum Gasteiger partial charge on any atom is -0.327 e. The summed E-state index contributed by atoms with van der Waals surface area (Å²) in [6.45, 7) is 4.15. The van der Waals surface area contributed by atoms with E-state index in [4.69, 9.17) is 17.3 Å². The van der Waals surface area contributed by atoms with E-state index in [-0.39, 0.29) is 11.9 Å². The first-order valence-corrected chi connectivity index (χ1v) is 5.62. The number of nitrogens with two attached hydrogens (primary N) is 1. The summed E-state index contributed by atoms with van der Waals surface area (Å²) in [5.74, 6) is 0.0640. The molecule has 0 saturated carbocycles. The standard InChI is InChI=1S/C12H17ClFN/c1-3-12(15)8(2)6-9-4-5-10(14)7-11(9)13/h4-5,7-8,12H,3,6,15H2,1-2H3. The number of halogens is 2. The highest BCUT2D eigenvalue weighted by Gasteiger charge is 2.13. The van der Waals surface area contributed by atoms with E-state index in [1.165, 1.54) is 12.1 Å². The molecule has 0 bridgehead atoms. The van der Waals surface area contributed by atoms with Gasteiger partial charge in [-0.25, -0.2) is 4.39 Å². The molecule has 0 aliphatic carbocycles. The van der Waals surface area contributed by atoms with Crippen LogP contribution in [0.15, 0.2) is 18.2 Å². The van der Waals surface area contributed by atoms with Crippen molar-refractivity contribution in [1.29, 1.82) is 0 Å². The predicted molar refractivity (Wildman–Crippen MR) is 62.5 cm³/mol. The van der Waals surface area contributed by atoms with Gasteiger partial charge in [0.15, 0.2) is 0 Å². The van der Waals surface area contributed by atoms with Crippen LogP contribution < -0.4 is 5.73 Å². The maximum atomic E-state index is 12.8. The Hall–Kier alpha value is -0.600. The van der Waals surface area contributed by atoms with Crippen molar-refractivity contribution < 1.29 is 4.39 Å². The summed E-state index contributed by atoms with van der Waals surface area (Å²) in [4.78, 5) is 0. The zero-order chi connectivity index (χ0) is 11.4. The fourth-order valence-electron chi connectivity index (χ4n) is 1.59. The molecule has 15 heavy (non-hydrogen) atoms. The highest BCUT2D eigenvalue weighted by atomic mass is 35.5. The first-order valence-electron chi connectivity index (χ1n) is 5.24. The summed E-state index contributed by atoms with van der Waals surface area (Å²) in [5, 5.41) is 0.491. The molecule has 0 aliphatic rings. The van der Waals surface area contributed by atoms with Gasteiger partial charge in [-0.05, 0) is 36.5 Å². The van der Waals surface area contributed by atoms with Crippen LogP contribution in [0.3, 0.4) is 0 Å². The topological polar surface area (TPSA) is 26.0 Å². The van der Waals surface area contributed by atoms with Crippen molar-refractivity contribution in [3.63, 3.8) is 0 Å². The van der Waals surface area contributed by atoms with Gasteiger partial charge >= 0.3 is 0 Å². The summed E-state index contributed by atoms with van der Waals surface area (Å²) in [7, 11) is 0. The highest BCUT2D eigenvalue weighted by molar-refractivity contribution is 6.31. The average Bonchev–Trinajstić information content (AvgIpc) is 2.20. The van der Waals surface area contributed by atoms with E-state index in [1.54, 1.807) is 6.07 Å². The largest absolute Gasteiger partial charge is 0.327 e. The summed E-state index contributed by atoms with van der Waals surface area (Å²) in [6.07, 6.45) is 1.74. The molecule has 84 valence electrons. The molecule has 0 fully saturated rings. The van der Waals surface area contributed by atoms with Crippen molar-refractivity contribution in [3.05, 3.63) is 34.6 Å². The molecular formula is C12H17ClFN. The van der Waals surface area contributed by atoms with Crippen LogP contribution >= 0.6 is 11.6 Å². The van der Waals surface area contributed by atoms with E-state index in [0.29, 0.717) is 10.9 Å². The van der Waals surface area contributed by atoms with Gasteiger partial charge in [-0.3, -0.25) is 0 Å². The van der Waals surface area contributed by atoms with Crippen molar-refractivity contribution in [2.45, 2.75) is 32.7 Å². The number of hydrogen-bond acceptors (Lipinski definition) is 1. The van der Waals surface area contributed by atoms with Gasteiger partial charge in [0.2, 0.25) is 0 Å². The van der Waals surface area contributed by atoms with Crippen molar-refractivity contribution in [2.24, 2.45) is 11.7 Å². The SMILES string of the molecule is CCC(N)C(C)Cc1ccc(F)cc1Cl. The van der Waals surface area contributed by atoms with Gasteiger partial charge in [0.1, 0.15) is 5.82 Å². The predicted octanol–water partition coefficient (Wildman–Crippen LogP) is 3.40. The van der Waals surface area contributed by atoms with Crippen LogP contribution in [-0.4, -0.2) is 6.04 Å². The lowest BCUT2D eigenvalue weighted by Gasteiger charge is -2.18. The summed E-state index contributed by atoms with van der Waals surface area (Å²) >= 11 is 5.94. The molecule has 0 aliphatic heterocycles. The van der Waals surface area contributed by atoms with Crippen LogP contribution in [-0.2, 0) is 6.42 Å².